The standard InChI is InChI=1S/C12H21NO/c1-3-8-13-10-9-11(14-4-2)12(10)6-5-7-12/h3,10-11,13H,1,4-9H2,2H3. The summed E-state index contributed by atoms with van der Waals surface area (Å²) in [6.45, 7) is 7.64. The fourth-order valence-corrected chi connectivity index (χ4v) is 2.95. The summed E-state index contributed by atoms with van der Waals surface area (Å²) >= 11 is 0. The minimum atomic E-state index is 0.499. The van der Waals surface area contributed by atoms with E-state index in [9.17, 15) is 0 Å². The van der Waals surface area contributed by atoms with E-state index >= 15 is 0 Å². The SMILES string of the molecule is C=CCNC1CC(OCC)C12CCC2. The molecule has 2 rings (SSSR count). The van der Waals surface area contributed by atoms with Gasteiger partial charge >= 0.3 is 0 Å². The van der Waals surface area contributed by atoms with Gasteiger partial charge in [-0.15, -0.1) is 6.58 Å². The summed E-state index contributed by atoms with van der Waals surface area (Å²) in [5.41, 5.74) is 0.499. The Labute approximate surface area is 86.7 Å². The van der Waals surface area contributed by atoms with E-state index in [1.54, 1.807) is 0 Å². The minimum absolute atomic E-state index is 0.499. The zero-order valence-corrected chi connectivity index (χ0v) is 9.09. The topological polar surface area (TPSA) is 21.3 Å². The first-order valence-corrected chi connectivity index (χ1v) is 5.79. The molecule has 0 heterocycles. The molecule has 1 N–H and O–H groups in total. The zero-order chi connectivity index (χ0) is 10.0. The molecular weight excluding hydrogens is 174 g/mol. The molecule has 0 aromatic heterocycles. The van der Waals surface area contributed by atoms with Crippen molar-refractivity contribution in [3.8, 4) is 0 Å². The van der Waals surface area contributed by atoms with Gasteiger partial charge in [0, 0.05) is 24.6 Å². The third kappa shape index (κ3) is 1.41. The van der Waals surface area contributed by atoms with Gasteiger partial charge in [0.15, 0.2) is 0 Å². The molecule has 2 fully saturated rings. The average Bonchev–Trinajstić information content (AvgIpc) is 2.07. The van der Waals surface area contributed by atoms with Crippen molar-refractivity contribution < 1.29 is 4.74 Å². The van der Waals surface area contributed by atoms with Gasteiger partial charge in [-0.05, 0) is 26.2 Å². The highest BCUT2D eigenvalue weighted by Gasteiger charge is 2.58. The Morgan fingerprint density at radius 2 is 2.36 bits per heavy atom. The molecule has 0 saturated heterocycles. The quantitative estimate of drug-likeness (QED) is 0.678. The van der Waals surface area contributed by atoms with Crippen molar-refractivity contribution in [1.82, 2.24) is 5.32 Å². The van der Waals surface area contributed by atoms with Crippen LogP contribution in [0, 0.1) is 5.41 Å². The van der Waals surface area contributed by atoms with Crippen LogP contribution in [-0.4, -0.2) is 25.3 Å². The smallest absolute Gasteiger partial charge is 0.0661 e. The highest BCUT2D eigenvalue weighted by Crippen LogP contribution is 2.57. The molecular formula is C12H21NO. The maximum atomic E-state index is 5.78. The number of ether oxygens (including phenoxy) is 1. The van der Waals surface area contributed by atoms with Gasteiger partial charge in [0.25, 0.3) is 0 Å². The van der Waals surface area contributed by atoms with Crippen LogP contribution in [0.2, 0.25) is 0 Å². The molecule has 14 heavy (non-hydrogen) atoms. The Bertz CT molecular complexity index is 210. The monoisotopic (exact) mass is 195 g/mol. The lowest BCUT2D eigenvalue weighted by Crippen LogP contribution is -2.66. The molecule has 2 heteroatoms. The molecule has 80 valence electrons. The van der Waals surface area contributed by atoms with Gasteiger partial charge in [-0.3, -0.25) is 0 Å². The van der Waals surface area contributed by atoms with Gasteiger partial charge in [0.2, 0.25) is 0 Å². The summed E-state index contributed by atoms with van der Waals surface area (Å²) in [6.07, 6.45) is 7.76. The number of hydrogen-bond acceptors (Lipinski definition) is 2. The Kier molecular flexibility index (Phi) is 2.93. The Balaban J connectivity index is 1.87. The van der Waals surface area contributed by atoms with Crippen LogP contribution in [0.1, 0.15) is 32.6 Å². The number of rotatable bonds is 5. The first kappa shape index (κ1) is 10.2. The summed E-state index contributed by atoms with van der Waals surface area (Å²) in [5, 5.41) is 3.55. The van der Waals surface area contributed by atoms with Gasteiger partial charge in [0.05, 0.1) is 6.10 Å². The van der Waals surface area contributed by atoms with Crippen LogP contribution in [0.5, 0.6) is 0 Å². The van der Waals surface area contributed by atoms with Gasteiger partial charge in [0.1, 0.15) is 0 Å². The van der Waals surface area contributed by atoms with Crippen LogP contribution in [0.15, 0.2) is 12.7 Å². The lowest BCUT2D eigenvalue weighted by atomic mass is 9.51. The van der Waals surface area contributed by atoms with Crippen molar-refractivity contribution in [3.63, 3.8) is 0 Å². The molecule has 2 aliphatic carbocycles. The van der Waals surface area contributed by atoms with Crippen LogP contribution in [0.25, 0.3) is 0 Å². The van der Waals surface area contributed by atoms with Crippen molar-refractivity contribution in [2.45, 2.75) is 44.8 Å². The predicted molar refractivity (Wildman–Crippen MR) is 58.3 cm³/mol. The van der Waals surface area contributed by atoms with Crippen LogP contribution < -0.4 is 5.32 Å². The van der Waals surface area contributed by atoms with E-state index in [4.69, 9.17) is 4.74 Å². The van der Waals surface area contributed by atoms with Gasteiger partial charge in [-0.25, -0.2) is 0 Å². The van der Waals surface area contributed by atoms with Gasteiger partial charge in [-0.2, -0.15) is 0 Å². The first-order chi connectivity index (χ1) is 6.83. The van der Waals surface area contributed by atoms with E-state index in [0.29, 0.717) is 17.6 Å². The summed E-state index contributed by atoms with van der Waals surface area (Å²) in [4.78, 5) is 0. The third-order valence-electron chi connectivity index (χ3n) is 3.95. The van der Waals surface area contributed by atoms with E-state index in [1.165, 1.54) is 25.7 Å². The van der Waals surface area contributed by atoms with Crippen molar-refractivity contribution in [3.05, 3.63) is 12.7 Å². The second-order valence-electron chi connectivity index (χ2n) is 4.52. The lowest BCUT2D eigenvalue weighted by Gasteiger charge is -2.61. The maximum Gasteiger partial charge on any atom is 0.0661 e. The predicted octanol–water partition coefficient (Wildman–Crippen LogP) is 2.11. The van der Waals surface area contributed by atoms with E-state index in [-0.39, 0.29) is 0 Å². The highest BCUT2D eigenvalue weighted by molar-refractivity contribution is 5.12. The fourth-order valence-electron chi connectivity index (χ4n) is 2.95. The molecule has 0 radical (unpaired) electrons. The Hall–Kier alpha value is -0.340. The van der Waals surface area contributed by atoms with E-state index in [1.807, 2.05) is 6.08 Å². The third-order valence-corrected chi connectivity index (χ3v) is 3.95. The highest BCUT2D eigenvalue weighted by atomic mass is 16.5. The number of nitrogens with one attached hydrogen (secondary N) is 1. The van der Waals surface area contributed by atoms with Gasteiger partial charge < -0.3 is 10.1 Å². The second-order valence-corrected chi connectivity index (χ2v) is 4.52. The number of hydrogen-bond donors (Lipinski definition) is 1. The van der Waals surface area contributed by atoms with Crippen LogP contribution in [-0.2, 0) is 4.74 Å². The van der Waals surface area contributed by atoms with Crippen molar-refractivity contribution in [1.29, 1.82) is 0 Å². The van der Waals surface area contributed by atoms with Crippen molar-refractivity contribution >= 4 is 0 Å². The molecule has 2 nitrogen and oxygen atoms in total. The molecule has 0 aromatic carbocycles. The lowest BCUT2D eigenvalue weighted by molar-refractivity contribution is -0.172. The minimum Gasteiger partial charge on any atom is -0.378 e. The zero-order valence-electron chi connectivity index (χ0n) is 9.09. The summed E-state index contributed by atoms with van der Waals surface area (Å²) in [7, 11) is 0. The average molecular weight is 195 g/mol. The second kappa shape index (κ2) is 4.03. The summed E-state index contributed by atoms with van der Waals surface area (Å²) in [6, 6.07) is 0.686. The molecule has 0 amide bonds. The Morgan fingerprint density at radius 3 is 2.86 bits per heavy atom. The molecule has 2 aliphatic rings. The van der Waals surface area contributed by atoms with E-state index in [2.05, 4.69) is 18.8 Å². The van der Waals surface area contributed by atoms with E-state index < -0.39 is 0 Å². The summed E-state index contributed by atoms with van der Waals surface area (Å²) < 4.78 is 5.78. The van der Waals surface area contributed by atoms with Crippen LogP contribution in [0.4, 0.5) is 0 Å². The molecule has 0 aliphatic heterocycles. The van der Waals surface area contributed by atoms with E-state index in [0.717, 1.165) is 13.2 Å². The van der Waals surface area contributed by atoms with Crippen molar-refractivity contribution in [2.75, 3.05) is 13.2 Å². The molecule has 0 bridgehead atoms. The molecule has 2 saturated carbocycles. The fraction of sp³-hybridized carbons (Fsp3) is 0.833. The van der Waals surface area contributed by atoms with Gasteiger partial charge in [-0.1, -0.05) is 12.5 Å². The maximum absolute atomic E-state index is 5.78. The Morgan fingerprint density at radius 1 is 1.57 bits per heavy atom. The van der Waals surface area contributed by atoms with Crippen LogP contribution >= 0.6 is 0 Å². The molecule has 0 aromatic rings. The normalized spacial score (nSPS) is 33.5. The van der Waals surface area contributed by atoms with Crippen molar-refractivity contribution in [2.24, 2.45) is 5.41 Å². The summed E-state index contributed by atoms with van der Waals surface area (Å²) in [5.74, 6) is 0. The van der Waals surface area contributed by atoms with Crippen LogP contribution in [0.3, 0.4) is 0 Å². The molecule has 1 spiro atoms. The first-order valence-electron chi connectivity index (χ1n) is 5.79. The molecule has 2 atom stereocenters. The molecule has 2 unspecified atom stereocenters. The largest absolute Gasteiger partial charge is 0.378 e.